The fourth-order valence-electron chi connectivity index (χ4n) is 3.05. The van der Waals surface area contributed by atoms with Gasteiger partial charge in [0.2, 0.25) is 15.9 Å². The number of nitrogens with one attached hydrogen (secondary N) is 1. The van der Waals surface area contributed by atoms with E-state index in [1.54, 1.807) is 18.2 Å². The van der Waals surface area contributed by atoms with Crippen LogP contribution in [-0.2, 0) is 14.8 Å². The van der Waals surface area contributed by atoms with Gasteiger partial charge >= 0.3 is 0 Å². The number of anilines is 1. The normalized spacial score (nSPS) is 15.1. The predicted molar refractivity (Wildman–Crippen MR) is 108 cm³/mol. The lowest BCUT2D eigenvalue weighted by Crippen LogP contribution is -2.28. The third kappa shape index (κ3) is 4.06. The van der Waals surface area contributed by atoms with Crippen LogP contribution in [0.3, 0.4) is 0 Å². The molecular formula is C19H19N3O4S2. The Morgan fingerprint density at radius 2 is 1.93 bits per heavy atom. The van der Waals surface area contributed by atoms with Crippen LogP contribution >= 0.6 is 11.8 Å². The zero-order valence-corrected chi connectivity index (χ0v) is 16.6. The van der Waals surface area contributed by atoms with E-state index in [2.05, 4.69) is 10.3 Å². The van der Waals surface area contributed by atoms with E-state index in [1.165, 1.54) is 22.1 Å². The average molecular weight is 418 g/mol. The summed E-state index contributed by atoms with van der Waals surface area (Å²) in [7, 11) is -3.52. The number of benzene rings is 2. The summed E-state index contributed by atoms with van der Waals surface area (Å²) >= 11 is 1.19. The SMILES string of the molecule is O=C(CSc1nc2ccccc2o1)Nc1cccc(S(=O)(=O)N2CCCC2)c1. The molecule has 1 saturated heterocycles. The molecule has 2 heterocycles. The molecule has 0 saturated carbocycles. The lowest BCUT2D eigenvalue weighted by molar-refractivity contribution is -0.113. The molecule has 0 radical (unpaired) electrons. The monoisotopic (exact) mass is 417 g/mol. The Kier molecular flexibility index (Phi) is 5.38. The molecule has 2 aromatic carbocycles. The van der Waals surface area contributed by atoms with Gasteiger partial charge in [-0.3, -0.25) is 4.79 Å². The Morgan fingerprint density at radius 1 is 1.14 bits per heavy atom. The maximum absolute atomic E-state index is 12.7. The summed E-state index contributed by atoms with van der Waals surface area (Å²) in [5, 5.41) is 3.16. The van der Waals surface area contributed by atoms with Crippen molar-refractivity contribution in [3.63, 3.8) is 0 Å². The van der Waals surface area contributed by atoms with E-state index in [-0.39, 0.29) is 16.6 Å². The van der Waals surface area contributed by atoms with Crippen molar-refractivity contribution < 1.29 is 17.6 Å². The number of thioether (sulfide) groups is 1. The highest BCUT2D eigenvalue weighted by Gasteiger charge is 2.27. The summed E-state index contributed by atoms with van der Waals surface area (Å²) in [6.45, 7) is 1.08. The minimum Gasteiger partial charge on any atom is -0.431 e. The van der Waals surface area contributed by atoms with Gasteiger partial charge in [-0.2, -0.15) is 4.31 Å². The van der Waals surface area contributed by atoms with Crippen molar-refractivity contribution in [1.82, 2.24) is 9.29 Å². The van der Waals surface area contributed by atoms with Crippen molar-refractivity contribution in [2.24, 2.45) is 0 Å². The second-order valence-electron chi connectivity index (χ2n) is 6.42. The van der Waals surface area contributed by atoms with E-state index >= 15 is 0 Å². The predicted octanol–water partition coefficient (Wildman–Crippen LogP) is 3.34. The van der Waals surface area contributed by atoms with Crippen LogP contribution in [0.5, 0.6) is 0 Å². The molecule has 0 aliphatic carbocycles. The molecule has 1 aliphatic rings. The van der Waals surface area contributed by atoms with Crippen molar-refractivity contribution in [2.75, 3.05) is 24.2 Å². The minimum atomic E-state index is -3.52. The van der Waals surface area contributed by atoms with Gasteiger partial charge < -0.3 is 9.73 Å². The number of para-hydroxylation sites is 2. The zero-order chi connectivity index (χ0) is 19.6. The van der Waals surface area contributed by atoms with Crippen molar-refractivity contribution in [3.8, 4) is 0 Å². The number of hydrogen-bond acceptors (Lipinski definition) is 6. The third-order valence-corrected chi connectivity index (χ3v) is 7.14. The quantitative estimate of drug-likeness (QED) is 0.619. The molecule has 0 unspecified atom stereocenters. The van der Waals surface area contributed by atoms with E-state index < -0.39 is 10.0 Å². The van der Waals surface area contributed by atoms with Crippen LogP contribution in [0.15, 0.2) is 63.1 Å². The maximum atomic E-state index is 12.7. The molecule has 0 bridgehead atoms. The number of carbonyl (C=O) groups is 1. The number of hydrogen-bond donors (Lipinski definition) is 1. The van der Waals surface area contributed by atoms with E-state index in [0.717, 1.165) is 18.4 Å². The number of fused-ring (bicyclic) bond motifs is 1. The standard InChI is InChI=1S/C19H19N3O4S2/c23-18(13-27-19-21-16-8-1-2-9-17(16)26-19)20-14-6-5-7-15(12-14)28(24,25)22-10-3-4-11-22/h1-2,5-9,12H,3-4,10-11,13H2,(H,20,23). The molecule has 1 amide bonds. The van der Waals surface area contributed by atoms with Crippen LogP contribution in [0.25, 0.3) is 11.1 Å². The van der Waals surface area contributed by atoms with Gasteiger partial charge in [-0.1, -0.05) is 30.0 Å². The van der Waals surface area contributed by atoms with Crippen molar-refractivity contribution in [2.45, 2.75) is 23.0 Å². The van der Waals surface area contributed by atoms with Crippen LogP contribution in [0.4, 0.5) is 5.69 Å². The van der Waals surface area contributed by atoms with Gasteiger partial charge in [-0.15, -0.1) is 0 Å². The van der Waals surface area contributed by atoms with E-state index in [1.807, 2.05) is 24.3 Å². The van der Waals surface area contributed by atoms with Gasteiger partial charge in [-0.25, -0.2) is 13.4 Å². The number of aromatic nitrogens is 1. The molecule has 1 aromatic heterocycles. The molecule has 7 nitrogen and oxygen atoms in total. The van der Waals surface area contributed by atoms with Crippen LogP contribution in [0.1, 0.15) is 12.8 Å². The number of rotatable bonds is 6. The smallest absolute Gasteiger partial charge is 0.257 e. The summed E-state index contributed by atoms with van der Waals surface area (Å²) in [5.41, 5.74) is 1.86. The summed E-state index contributed by atoms with van der Waals surface area (Å²) in [5.74, 6) is -0.154. The van der Waals surface area contributed by atoms with Crippen LogP contribution in [0, 0.1) is 0 Å². The van der Waals surface area contributed by atoms with E-state index in [9.17, 15) is 13.2 Å². The first-order chi connectivity index (χ1) is 13.5. The largest absolute Gasteiger partial charge is 0.431 e. The Labute approximate surface area is 167 Å². The highest BCUT2D eigenvalue weighted by molar-refractivity contribution is 7.99. The molecule has 1 fully saturated rings. The van der Waals surface area contributed by atoms with E-state index in [0.29, 0.717) is 29.6 Å². The van der Waals surface area contributed by atoms with Gasteiger partial charge in [0, 0.05) is 18.8 Å². The van der Waals surface area contributed by atoms with Gasteiger partial charge in [0.1, 0.15) is 5.52 Å². The van der Waals surface area contributed by atoms with Gasteiger partial charge in [0.25, 0.3) is 5.22 Å². The van der Waals surface area contributed by atoms with Crippen LogP contribution in [0.2, 0.25) is 0 Å². The van der Waals surface area contributed by atoms with Crippen LogP contribution < -0.4 is 5.32 Å². The maximum Gasteiger partial charge on any atom is 0.257 e. The average Bonchev–Trinajstić information content (AvgIpc) is 3.36. The van der Waals surface area contributed by atoms with Gasteiger partial charge in [-0.05, 0) is 43.2 Å². The summed E-state index contributed by atoms with van der Waals surface area (Å²) in [6.07, 6.45) is 1.76. The zero-order valence-electron chi connectivity index (χ0n) is 15.0. The Balaban J connectivity index is 1.40. The molecule has 9 heteroatoms. The highest BCUT2D eigenvalue weighted by Crippen LogP contribution is 2.25. The molecular weight excluding hydrogens is 398 g/mol. The fourth-order valence-corrected chi connectivity index (χ4v) is 5.25. The lowest BCUT2D eigenvalue weighted by Gasteiger charge is -2.16. The highest BCUT2D eigenvalue weighted by atomic mass is 32.2. The molecule has 3 aromatic rings. The van der Waals surface area contributed by atoms with Gasteiger partial charge in [0.15, 0.2) is 5.58 Å². The first kappa shape index (κ1) is 19.0. The molecule has 146 valence electrons. The molecule has 4 rings (SSSR count). The summed E-state index contributed by atoms with van der Waals surface area (Å²) in [6, 6.07) is 13.7. The molecule has 0 spiro atoms. The lowest BCUT2D eigenvalue weighted by atomic mass is 10.3. The fraction of sp³-hybridized carbons (Fsp3) is 0.263. The summed E-state index contributed by atoms with van der Waals surface area (Å²) < 4.78 is 32.4. The van der Waals surface area contributed by atoms with Crippen molar-refractivity contribution >= 4 is 44.5 Å². The van der Waals surface area contributed by atoms with E-state index in [4.69, 9.17) is 4.42 Å². The molecule has 1 aliphatic heterocycles. The van der Waals surface area contributed by atoms with Gasteiger partial charge in [0.05, 0.1) is 10.6 Å². The summed E-state index contributed by atoms with van der Waals surface area (Å²) in [4.78, 5) is 16.8. The number of oxazole rings is 1. The second-order valence-corrected chi connectivity index (χ2v) is 9.29. The van der Waals surface area contributed by atoms with Crippen molar-refractivity contribution in [3.05, 3.63) is 48.5 Å². The van der Waals surface area contributed by atoms with Crippen molar-refractivity contribution in [1.29, 1.82) is 0 Å². The minimum absolute atomic E-state index is 0.107. The Bertz CT molecular complexity index is 1070. The number of carbonyl (C=O) groups excluding carboxylic acids is 1. The van der Waals surface area contributed by atoms with Crippen LogP contribution in [-0.4, -0.2) is 42.5 Å². The molecule has 1 N–H and O–H groups in total. The first-order valence-electron chi connectivity index (χ1n) is 8.91. The second kappa shape index (κ2) is 7.94. The Hall–Kier alpha value is -2.36. The number of sulfonamides is 1. The first-order valence-corrected chi connectivity index (χ1v) is 11.3. The molecule has 28 heavy (non-hydrogen) atoms. The molecule has 0 atom stereocenters. The Morgan fingerprint density at radius 3 is 2.71 bits per heavy atom. The third-order valence-electron chi connectivity index (χ3n) is 4.42. The number of nitrogens with zero attached hydrogens (tertiary/aromatic N) is 2. The number of amides is 1. The topological polar surface area (TPSA) is 92.5 Å².